The van der Waals surface area contributed by atoms with E-state index in [0.29, 0.717) is 26.4 Å². The predicted molar refractivity (Wildman–Crippen MR) is 99.6 cm³/mol. The van der Waals surface area contributed by atoms with Crippen molar-refractivity contribution in [2.75, 3.05) is 33.0 Å². The molecular formula is C18H38O6Si. The summed E-state index contributed by atoms with van der Waals surface area (Å²) in [5, 5.41) is 0. The fraction of sp³-hybridized carbons (Fsp3) is 1.00. The Bertz CT molecular complexity index is 334. The van der Waals surface area contributed by atoms with Crippen LogP contribution in [-0.2, 0) is 27.5 Å². The van der Waals surface area contributed by atoms with E-state index in [1.807, 2.05) is 13.8 Å². The first kappa shape index (κ1) is 23.0. The van der Waals surface area contributed by atoms with E-state index in [1.54, 1.807) is 0 Å². The molecule has 1 aliphatic heterocycles. The van der Waals surface area contributed by atoms with Gasteiger partial charge < -0.3 is 27.5 Å². The molecule has 7 heteroatoms. The summed E-state index contributed by atoms with van der Waals surface area (Å²) in [6.45, 7) is 15.5. The zero-order chi connectivity index (χ0) is 18.7. The van der Waals surface area contributed by atoms with Crippen molar-refractivity contribution in [1.29, 1.82) is 0 Å². The van der Waals surface area contributed by atoms with Gasteiger partial charge in [0.05, 0.1) is 19.3 Å². The molecule has 0 aliphatic carbocycles. The van der Waals surface area contributed by atoms with Gasteiger partial charge in [0.1, 0.15) is 11.8 Å². The lowest BCUT2D eigenvalue weighted by atomic mass is 10.2. The van der Waals surface area contributed by atoms with E-state index in [2.05, 4.69) is 27.7 Å². The summed E-state index contributed by atoms with van der Waals surface area (Å²) in [5.74, 6) is 0. The van der Waals surface area contributed by atoms with Gasteiger partial charge in [0.25, 0.3) is 0 Å². The normalized spacial score (nSPS) is 21.1. The molecular weight excluding hydrogens is 340 g/mol. The van der Waals surface area contributed by atoms with Gasteiger partial charge in [-0.3, -0.25) is 0 Å². The Kier molecular flexibility index (Phi) is 11.4. The largest absolute Gasteiger partial charge is 0.531 e. The van der Waals surface area contributed by atoms with Crippen LogP contribution in [0.3, 0.4) is 0 Å². The minimum absolute atomic E-state index is 0.0286. The molecule has 4 unspecified atom stereocenters. The molecule has 6 nitrogen and oxygen atoms in total. The molecule has 0 N–H and O–H groups in total. The molecule has 0 bridgehead atoms. The summed E-state index contributed by atoms with van der Waals surface area (Å²) in [6, 6.07) is 0. The highest BCUT2D eigenvalue weighted by Gasteiger charge is 2.51. The van der Waals surface area contributed by atoms with Crippen molar-refractivity contribution < 1.29 is 27.5 Å². The van der Waals surface area contributed by atoms with Crippen molar-refractivity contribution in [2.45, 2.75) is 84.8 Å². The summed E-state index contributed by atoms with van der Waals surface area (Å²) in [6.07, 6.45) is 2.91. The fourth-order valence-corrected chi connectivity index (χ4v) is 5.83. The number of hydrogen-bond acceptors (Lipinski definition) is 6. The second kappa shape index (κ2) is 12.4. The van der Waals surface area contributed by atoms with Crippen LogP contribution in [0.5, 0.6) is 0 Å². The molecule has 0 saturated carbocycles. The molecule has 25 heavy (non-hydrogen) atoms. The van der Waals surface area contributed by atoms with Crippen molar-refractivity contribution in [3.8, 4) is 0 Å². The van der Waals surface area contributed by atoms with Crippen LogP contribution in [-0.4, -0.2) is 65.9 Å². The second-order valence-electron chi connectivity index (χ2n) is 6.50. The Balaban J connectivity index is 2.67. The number of ether oxygens (including phenoxy) is 3. The zero-order valence-electron chi connectivity index (χ0n) is 16.9. The first-order valence-corrected chi connectivity index (χ1v) is 11.6. The van der Waals surface area contributed by atoms with Crippen molar-refractivity contribution in [3.05, 3.63) is 0 Å². The van der Waals surface area contributed by atoms with Gasteiger partial charge in [-0.05, 0) is 47.0 Å². The van der Waals surface area contributed by atoms with E-state index < -0.39 is 8.80 Å². The van der Waals surface area contributed by atoms with Gasteiger partial charge >= 0.3 is 8.80 Å². The lowest BCUT2D eigenvalue weighted by molar-refractivity contribution is -0.0419. The van der Waals surface area contributed by atoms with E-state index >= 15 is 0 Å². The third kappa shape index (κ3) is 8.47. The first-order chi connectivity index (χ1) is 12.0. The maximum absolute atomic E-state index is 6.42. The van der Waals surface area contributed by atoms with E-state index in [9.17, 15) is 0 Å². The molecule has 1 rings (SSSR count). The summed E-state index contributed by atoms with van der Waals surface area (Å²) in [5.41, 5.74) is -0.133. The molecule has 0 amide bonds. The molecule has 0 aromatic carbocycles. The van der Waals surface area contributed by atoms with E-state index in [4.69, 9.17) is 27.5 Å². The molecule has 1 heterocycles. The van der Waals surface area contributed by atoms with Gasteiger partial charge in [-0.25, -0.2) is 0 Å². The molecule has 1 fully saturated rings. The molecule has 0 aromatic heterocycles. The molecule has 1 aliphatic rings. The SMILES string of the molecule is CCCOC(CC)[Si](OCC)(OCC)OC(C)CC(C)OCC1CO1. The van der Waals surface area contributed by atoms with Gasteiger partial charge in [0, 0.05) is 25.9 Å². The average Bonchev–Trinajstić information content (AvgIpc) is 3.38. The number of hydrogen-bond donors (Lipinski definition) is 0. The van der Waals surface area contributed by atoms with Gasteiger partial charge in [-0.15, -0.1) is 0 Å². The maximum Gasteiger partial charge on any atom is 0.531 e. The Hall–Kier alpha value is -0.0231. The van der Waals surface area contributed by atoms with Crippen molar-refractivity contribution >= 4 is 8.80 Å². The Morgan fingerprint density at radius 3 is 2.12 bits per heavy atom. The fourth-order valence-electron chi connectivity index (χ4n) is 2.80. The summed E-state index contributed by atoms with van der Waals surface area (Å²) in [4.78, 5) is 0. The Morgan fingerprint density at radius 2 is 1.64 bits per heavy atom. The lowest BCUT2D eigenvalue weighted by Gasteiger charge is -2.37. The smallest absolute Gasteiger partial charge is 0.376 e. The minimum Gasteiger partial charge on any atom is -0.376 e. The predicted octanol–water partition coefficient (Wildman–Crippen LogP) is 3.34. The lowest BCUT2D eigenvalue weighted by Crippen LogP contribution is -2.59. The quantitative estimate of drug-likeness (QED) is 0.303. The summed E-state index contributed by atoms with van der Waals surface area (Å²) < 4.78 is 35.6. The van der Waals surface area contributed by atoms with Gasteiger partial charge in [-0.2, -0.15) is 0 Å². The molecule has 0 spiro atoms. The monoisotopic (exact) mass is 378 g/mol. The topological polar surface area (TPSA) is 58.7 Å². The second-order valence-corrected chi connectivity index (χ2v) is 9.16. The van der Waals surface area contributed by atoms with Crippen LogP contribution in [0.1, 0.15) is 60.8 Å². The molecule has 0 radical (unpaired) electrons. The first-order valence-electron chi connectivity index (χ1n) is 9.81. The van der Waals surface area contributed by atoms with Crippen LogP contribution in [0.4, 0.5) is 0 Å². The third-order valence-electron chi connectivity index (χ3n) is 3.98. The van der Waals surface area contributed by atoms with Gasteiger partial charge in [0.2, 0.25) is 0 Å². The van der Waals surface area contributed by atoms with Crippen LogP contribution >= 0.6 is 0 Å². The number of epoxide rings is 1. The van der Waals surface area contributed by atoms with Crippen molar-refractivity contribution in [1.82, 2.24) is 0 Å². The molecule has 4 atom stereocenters. The minimum atomic E-state index is -2.93. The highest BCUT2D eigenvalue weighted by atomic mass is 28.4. The summed E-state index contributed by atoms with van der Waals surface area (Å²) >= 11 is 0. The van der Waals surface area contributed by atoms with Crippen LogP contribution in [0.2, 0.25) is 0 Å². The molecule has 1 saturated heterocycles. The van der Waals surface area contributed by atoms with E-state index in [-0.39, 0.29) is 24.0 Å². The van der Waals surface area contributed by atoms with Crippen molar-refractivity contribution in [3.63, 3.8) is 0 Å². The van der Waals surface area contributed by atoms with Gasteiger partial charge in [-0.1, -0.05) is 13.8 Å². The highest BCUT2D eigenvalue weighted by Crippen LogP contribution is 2.24. The number of rotatable bonds is 16. The van der Waals surface area contributed by atoms with Gasteiger partial charge in [0.15, 0.2) is 0 Å². The van der Waals surface area contributed by atoms with Crippen LogP contribution in [0.25, 0.3) is 0 Å². The third-order valence-corrected chi connectivity index (χ3v) is 7.45. The van der Waals surface area contributed by atoms with Crippen LogP contribution < -0.4 is 0 Å². The average molecular weight is 379 g/mol. The zero-order valence-corrected chi connectivity index (χ0v) is 17.9. The molecule has 0 aromatic rings. The maximum atomic E-state index is 6.42. The Labute approximate surface area is 154 Å². The molecule has 150 valence electrons. The van der Waals surface area contributed by atoms with Crippen LogP contribution in [0.15, 0.2) is 0 Å². The van der Waals surface area contributed by atoms with Crippen LogP contribution in [0, 0.1) is 0 Å². The van der Waals surface area contributed by atoms with E-state index in [0.717, 1.165) is 25.9 Å². The standard InChI is InChI=1S/C18H38O6Si/c1-7-11-19-18(8-2)25(22-9-3,23-10-4)24-16(6)12-15(5)20-13-17-14-21-17/h15-18H,7-14H2,1-6H3. The van der Waals surface area contributed by atoms with Crippen molar-refractivity contribution in [2.24, 2.45) is 0 Å². The van der Waals surface area contributed by atoms with E-state index in [1.165, 1.54) is 0 Å². The summed E-state index contributed by atoms with van der Waals surface area (Å²) in [7, 11) is -2.93. The Morgan fingerprint density at radius 1 is 1.00 bits per heavy atom. The highest BCUT2D eigenvalue weighted by molar-refractivity contribution is 6.62.